The van der Waals surface area contributed by atoms with E-state index in [1.807, 2.05) is 6.92 Å². The molecule has 2 aromatic heterocycles. The van der Waals surface area contributed by atoms with Crippen molar-refractivity contribution in [1.29, 1.82) is 0 Å². The highest BCUT2D eigenvalue weighted by molar-refractivity contribution is 7.99. The molecule has 2 rings (SSSR count). The molecule has 0 aliphatic heterocycles. The first kappa shape index (κ1) is 18.2. The lowest BCUT2D eigenvalue weighted by Gasteiger charge is -2.02. The van der Waals surface area contributed by atoms with Crippen LogP contribution in [0.3, 0.4) is 0 Å². The average Bonchev–Trinajstić information content (AvgIpc) is 3.12. The number of carbonyl (C=O) groups is 2. The number of amides is 1. The Balaban J connectivity index is 1.83. The van der Waals surface area contributed by atoms with Gasteiger partial charge in [-0.3, -0.25) is 9.59 Å². The van der Waals surface area contributed by atoms with Crippen LogP contribution >= 0.6 is 23.1 Å². The molecule has 0 aliphatic rings. The number of hydrogen-bond donors (Lipinski definition) is 2. The highest BCUT2D eigenvalue weighted by atomic mass is 32.2. The highest BCUT2D eigenvalue weighted by Crippen LogP contribution is 2.18. The van der Waals surface area contributed by atoms with E-state index in [0.717, 1.165) is 0 Å². The Bertz CT molecular complexity index is 714. The summed E-state index contributed by atoms with van der Waals surface area (Å²) in [7, 11) is 0. The van der Waals surface area contributed by atoms with E-state index in [9.17, 15) is 9.59 Å². The average molecular weight is 370 g/mol. The number of aromatic nitrogens is 4. The summed E-state index contributed by atoms with van der Waals surface area (Å²) in [5, 5.41) is 13.1. The molecule has 0 saturated carbocycles. The molecule has 9 nitrogen and oxygen atoms in total. The van der Waals surface area contributed by atoms with Gasteiger partial charge in [-0.2, -0.15) is 0 Å². The number of aryl methyl sites for hydroxylation is 1. The van der Waals surface area contributed by atoms with Gasteiger partial charge in [-0.25, -0.2) is 9.66 Å². The van der Waals surface area contributed by atoms with E-state index < -0.39 is 0 Å². The van der Waals surface area contributed by atoms with Crippen molar-refractivity contribution in [2.75, 3.05) is 23.5 Å². The van der Waals surface area contributed by atoms with Crippen LogP contribution in [0, 0.1) is 0 Å². The van der Waals surface area contributed by atoms with Crippen molar-refractivity contribution < 1.29 is 14.3 Å². The number of esters is 1. The third-order valence-corrected chi connectivity index (χ3v) is 4.56. The van der Waals surface area contributed by atoms with E-state index in [2.05, 4.69) is 20.5 Å². The zero-order chi connectivity index (χ0) is 17.5. The molecular formula is C13H18N6O3S2. The first-order valence-corrected chi connectivity index (χ1v) is 9.12. The van der Waals surface area contributed by atoms with Crippen molar-refractivity contribution in [1.82, 2.24) is 19.9 Å². The topological polar surface area (TPSA) is 125 Å². The number of nitrogen functional groups attached to an aromatic ring is 1. The molecule has 0 unspecified atom stereocenters. The van der Waals surface area contributed by atoms with Crippen LogP contribution in [0.15, 0.2) is 10.5 Å². The smallest absolute Gasteiger partial charge is 0.311 e. The van der Waals surface area contributed by atoms with Crippen LogP contribution in [0.2, 0.25) is 0 Å². The molecule has 0 atom stereocenters. The number of thioether (sulfide) groups is 1. The molecule has 0 fully saturated rings. The van der Waals surface area contributed by atoms with Crippen LogP contribution in [0.4, 0.5) is 5.13 Å². The van der Waals surface area contributed by atoms with Crippen molar-refractivity contribution in [2.24, 2.45) is 0 Å². The summed E-state index contributed by atoms with van der Waals surface area (Å²) >= 11 is 2.44. The van der Waals surface area contributed by atoms with Gasteiger partial charge in [0.2, 0.25) is 11.1 Å². The fourth-order valence-corrected chi connectivity index (χ4v) is 3.14. The lowest BCUT2D eigenvalue weighted by molar-refractivity contribution is -0.142. The minimum absolute atomic E-state index is 0.0883. The Hall–Kier alpha value is -2.14. The normalized spacial score (nSPS) is 10.6. The van der Waals surface area contributed by atoms with Gasteiger partial charge in [0.05, 0.1) is 24.5 Å². The lowest BCUT2D eigenvalue weighted by atomic mass is 10.3. The van der Waals surface area contributed by atoms with E-state index in [4.69, 9.17) is 10.6 Å². The predicted octanol–water partition coefficient (Wildman–Crippen LogP) is 0.847. The highest BCUT2D eigenvalue weighted by Gasteiger charge is 2.13. The maximum atomic E-state index is 12.0. The molecule has 0 aromatic carbocycles. The van der Waals surface area contributed by atoms with E-state index >= 15 is 0 Å². The largest absolute Gasteiger partial charge is 0.466 e. The number of nitrogens with zero attached hydrogens (tertiary/aromatic N) is 4. The number of nitrogens with two attached hydrogens (primary N) is 1. The molecule has 2 heterocycles. The maximum Gasteiger partial charge on any atom is 0.311 e. The summed E-state index contributed by atoms with van der Waals surface area (Å²) in [6.07, 6.45) is 0.754. The number of rotatable bonds is 8. The van der Waals surface area contributed by atoms with Crippen LogP contribution in [-0.4, -0.2) is 44.1 Å². The lowest BCUT2D eigenvalue weighted by Crippen LogP contribution is -2.17. The molecule has 130 valence electrons. The molecule has 11 heteroatoms. The molecule has 0 saturated heterocycles. The first-order valence-electron chi connectivity index (χ1n) is 7.25. The van der Waals surface area contributed by atoms with E-state index in [1.54, 1.807) is 12.3 Å². The Morgan fingerprint density at radius 1 is 1.42 bits per heavy atom. The van der Waals surface area contributed by atoms with Crippen LogP contribution < -0.4 is 11.2 Å². The van der Waals surface area contributed by atoms with Crippen molar-refractivity contribution in [3.8, 4) is 0 Å². The van der Waals surface area contributed by atoms with E-state index in [1.165, 1.54) is 27.8 Å². The van der Waals surface area contributed by atoms with E-state index in [-0.39, 0.29) is 24.1 Å². The monoisotopic (exact) mass is 370 g/mol. The summed E-state index contributed by atoms with van der Waals surface area (Å²) in [4.78, 5) is 27.5. The molecule has 0 bridgehead atoms. The minimum Gasteiger partial charge on any atom is -0.466 e. The molecule has 1 amide bonds. The van der Waals surface area contributed by atoms with Gasteiger partial charge in [0.15, 0.2) is 11.0 Å². The van der Waals surface area contributed by atoms with Gasteiger partial charge in [0.1, 0.15) is 0 Å². The Kier molecular flexibility index (Phi) is 6.55. The molecule has 24 heavy (non-hydrogen) atoms. The molecule has 0 spiro atoms. The van der Waals surface area contributed by atoms with E-state index in [0.29, 0.717) is 34.8 Å². The third-order valence-electron chi connectivity index (χ3n) is 2.81. The second-order valence-electron chi connectivity index (χ2n) is 4.59. The summed E-state index contributed by atoms with van der Waals surface area (Å²) < 4.78 is 6.23. The quantitative estimate of drug-likeness (QED) is 0.398. The van der Waals surface area contributed by atoms with Crippen LogP contribution in [0.1, 0.15) is 25.4 Å². The zero-order valence-electron chi connectivity index (χ0n) is 13.3. The number of carbonyl (C=O) groups excluding carboxylic acids is 2. The Labute approximate surface area is 147 Å². The number of ether oxygens (including phenoxy) is 1. The Morgan fingerprint density at radius 3 is 2.88 bits per heavy atom. The number of nitrogens with one attached hydrogen (secondary N) is 1. The molecular weight excluding hydrogens is 352 g/mol. The standard InChI is InChI=1S/C13H18N6O3S2/c1-3-9-17-18-13(19(9)14)24-7-10(20)16-12-15-8(6-23-12)5-11(21)22-4-2/h6H,3-5,7,14H2,1-2H3,(H,15,16,20). The SMILES string of the molecule is CCOC(=O)Cc1csc(NC(=O)CSc2nnc(CC)n2N)n1. The Morgan fingerprint density at radius 2 is 2.21 bits per heavy atom. The number of hydrogen-bond acceptors (Lipinski definition) is 9. The number of anilines is 1. The van der Waals surface area contributed by atoms with Gasteiger partial charge < -0.3 is 15.9 Å². The van der Waals surface area contributed by atoms with Crippen molar-refractivity contribution in [2.45, 2.75) is 31.8 Å². The molecule has 2 aromatic rings. The zero-order valence-corrected chi connectivity index (χ0v) is 14.9. The van der Waals surface area contributed by atoms with Gasteiger partial charge in [-0.1, -0.05) is 18.7 Å². The van der Waals surface area contributed by atoms with Crippen LogP contribution in [0.5, 0.6) is 0 Å². The van der Waals surface area contributed by atoms with Gasteiger partial charge >= 0.3 is 5.97 Å². The van der Waals surface area contributed by atoms with Gasteiger partial charge in [-0.15, -0.1) is 21.5 Å². The van der Waals surface area contributed by atoms with Crippen molar-refractivity contribution in [3.63, 3.8) is 0 Å². The van der Waals surface area contributed by atoms with Gasteiger partial charge in [0.25, 0.3) is 0 Å². The van der Waals surface area contributed by atoms with Gasteiger partial charge in [-0.05, 0) is 6.92 Å². The number of thiazole rings is 1. The van der Waals surface area contributed by atoms with Crippen molar-refractivity contribution >= 4 is 40.1 Å². The molecule has 3 N–H and O–H groups in total. The minimum atomic E-state index is -0.342. The second kappa shape index (κ2) is 8.64. The third kappa shape index (κ3) is 4.93. The fraction of sp³-hybridized carbons (Fsp3) is 0.462. The van der Waals surface area contributed by atoms with Crippen LogP contribution in [-0.2, 0) is 27.2 Å². The first-order chi connectivity index (χ1) is 11.5. The van der Waals surface area contributed by atoms with Crippen molar-refractivity contribution in [3.05, 3.63) is 16.9 Å². The summed E-state index contributed by atoms with van der Waals surface area (Å²) in [5.41, 5.74) is 0.565. The maximum absolute atomic E-state index is 12.0. The summed E-state index contributed by atoms with van der Waals surface area (Å²) in [5.74, 6) is 6.02. The molecule has 0 aliphatic carbocycles. The molecule has 0 radical (unpaired) electrons. The predicted molar refractivity (Wildman–Crippen MR) is 91.4 cm³/mol. The summed E-state index contributed by atoms with van der Waals surface area (Å²) in [6.45, 7) is 3.99. The van der Waals surface area contributed by atoms with Crippen LogP contribution in [0.25, 0.3) is 0 Å². The van der Waals surface area contributed by atoms with Gasteiger partial charge in [0, 0.05) is 11.8 Å². The fourth-order valence-electron chi connectivity index (χ4n) is 1.74. The second-order valence-corrected chi connectivity index (χ2v) is 6.39. The summed E-state index contributed by atoms with van der Waals surface area (Å²) in [6, 6.07) is 0.